The molecule has 1 rings (SSSR count). The Balaban J connectivity index is 2.56. The summed E-state index contributed by atoms with van der Waals surface area (Å²) in [6, 6.07) is 6.62. The van der Waals surface area contributed by atoms with Crippen molar-refractivity contribution in [3.05, 3.63) is 34.9 Å². The molecule has 7 heteroatoms. The number of nitrogens with zero attached hydrogens (tertiary/aromatic N) is 1. The number of hydrogen-bond donors (Lipinski definition) is 0. The zero-order valence-corrected chi connectivity index (χ0v) is 10.1. The summed E-state index contributed by atoms with van der Waals surface area (Å²) in [5.41, 5.74) is -3.66. The quantitative estimate of drug-likeness (QED) is 0.568. The zero-order chi connectivity index (χ0) is 12.2. The molecule has 0 bridgehead atoms. The lowest BCUT2D eigenvalue weighted by Gasteiger charge is -2.03. The Morgan fingerprint density at radius 2 is 1.81 bits per heavy atom. The Labute approximate surface area is 105 Å². The summed E-state index contributed by atoms with van der Waals surface area (Å²) in [5, 5.41) is 0.559. The fraction of sp³-hybridized carbons (Fsp3) is 0.222. The molecule has 0 spiro atoms. The van der Waals surface area contributed by atoms with Gasteiger partial charge in [-0.25, -0.2) is 0 Å². The van der Waals surface area contributed by atoms with Gasteiger partial charge in [-0.2, -0.15) is 13.2 Å². The minimum absolute atomic E-state index is 0.0963. The Morgan fingerprint density at radius 3 is 2.31 bits per heavy atom. The predicted octanol–water partition coefficient (Wildman–Crippen LogP) is 4.69. The van der Waals surface area contributed by atoms with E-state index in [0.717, 1.165) is 5.56 Å². The van der Waals surface area contributed by atoms with Crippen LogP contribution in [-0.2, 0) is 6.54 Å². The van der Waals surface area contributed by atoms with Crippen LogP contribution in [0.15, 0.2) is 29.3 Å². The van der Waals surface area contributed by atoms with E-state index in [1.807, 2.05) is 0 Å². The maximum Gasteiger partial charge on any atom is 0.448 e. The van der Waals surface area contributed by atoms with Crippen LogP contribution in [0.25, 0.3) is 0 Å². The first-order valence-electron chi connectivity index (χ1n) is 4.07. The molecule has 0 aromatic heterocycles. The molecular weight excluding hydrogens is 282 g/mol. The van der Waals surface area contributed by atoms with E-state index in [1.54, 1.807) is 24.3 Å². The number of rotatable bonds is 2. The third kappa shape index (κ3) is 5.63. The van der Waals surface area contributed by atoms with E-state index in [0.29, 0.717) is 5.02 Å². The number of hydrogen-bond acceptors (Lipinski definition) is 2. The number of halogens is 5. The Morgan fingerprint density at radius 1 is 1.25 bits per heavy atom. The predicted molar refractivity (Wildman–Crippen MR) is 62.1 cm³/mol. The van der Waals surface area contributed by atoms with Crippen LogP contribution in [0.4, 0.5) is 13.2 Å². The molecule has 1 aromatic rings. The molecule has 0 N–H and O–H groups in total. The minimum atomic E-state index is -4.40. The fourth-order valence-electron chi connectivity index (χ4n) is 0.871. The van der Waals surface area contributed by atoms with E-state index in [2.05, 4.69) is 4.99 Å². The van der Waals surface area contributed by atoms with Gasteiger partial charge in [-0.1, -0.05) is 35.3 Å². The van der Waals surface area contributed by atoms with Crippen molar-refractivity contribution in [2.45, 2.75) is 12.1 Å². The fourth-order valence-corrected chi connectivity index (χ4v) is 1.64. The van der Waals surface area contributed by atoms with E-state index < -0.39 is 21.8 Å². The summed E-state index contributed by atoms with van der Waals surface area (Å²) in [6.07, 6.45) is 0. The summed E-state index contributed by atoms with van der Waals surface area (Å²) in [4.78, 5) is 3.59. The highest BCUT2D eigenvalue weighted by Crippen LogP contribution is 2.32. The number of alkyl halides is 3. The third-order valence-corrected chi connectivity index (χ3v) is 2.63. The standard InChI is InChI=1S/C9H6Cl2F3NS/c10-7-3-1-6(2-4-7)5-15-8(11)16-9(12,13)14/h1-4H,5H2. The van der Waals surface area contributed by atoms with Crippen LogP contribution < -0.4 is 0 Å². The third-order valence-electron chi connectivity index (χ3n) is 1.50. The van der Waals surface area contributed by atoms with Crippen molar-refractivity contribution in [3.8, 4) is 0 Å². The maximum absolute atomic E-state index is 11.9. The van der Waals surface area contributed by atoms with Crippen molar-refractivity contribution in [1.29, 1.82) is 0 Å². The lowest BCUT2D eigenvalue weighted by molar-refractivity contribution is -0.0315. The second kappa shape index (κ2) is 5.80. The van der Waals surface area contributed by atoms with E-state index >= 15 is 0 Å². The monoisotopic (exact) mass is 287 g/mol. The van der Waals surface area contributed by atoms with Crippen LogP contribution in [0.5, 0.6) is 0 Å². The minimum Gasteiger partial charge on any atom is -0.262 e. The van der Waals surface area contributed by atoms with Crippen LogP contribution in [0.1, 0.15) is 5.56 Å². The van der Waals surface area contributed by atoms with Gasteiger partial charge in [0.05, 0.1) is 6.54 Å². The van der Waals surface area contributed by atoms with Gasteiger partial charge in [0.25, 0.3) is 0 Å². The van der Waals surface area contributed by atoms with Gasteiger partial charge in [0, 0.05) is 16.8 Å². The molecule has 0 aliphatic carbocycles. The molecule has 1 nitrogen and oxygen atoms in total. The highest BCUT2D eigenvalue weighted by Gasteiger charge is 2.30. The second-order valence-corrected chi connectivity index (χ2v) is 4.82. The highest BCUT2D eigenvalue weighted by molar-refractivity contribution is 8.17. The lowest BCUT2D eigenvalue weighted by Crippen LogP contribution is -2.02. The van der Waals surface area contributed by atoms with Crippen molar-refractivity contribution < 1.29 is 13.2 Å². The van der Waals surface area contributed by atoms with E-state index in [4.69, 9.17) is 23.2 Å². The van der Waals surface area contributed by atoms with Crippen LogP contribution in [0, 0.1) is 0 Å². The normalized spacial score (nSPS) is 12.9. The highest BCUT2D eigenvalue weighted by atomic mass is 35.5. The summed E-state index contributed by atoms with van der Waals surface area (Å²) in [6.45, 7) is 0.0963. The molecule has 0 fully saturated rings. The van der Waals surface area contributed by atoms with Crippen LogP contribution in [-0.4, -0.2) is 10.0 Å². The maximum atomic E-state index is 11.9. The van der Waals surface area contributed by atoms with Gasteiger partial charge < -0.3 is 0 Å². The Bertz CT molecular complexity index is 375. The second-order valence-electron chi connectivity index (χ2n) is 2.74. The molecule has 0 saturated heterocycles. The van der Waals surface area contributed by atoms with Crippen LogP contribution in [0.2, 0.25) is 5.02 Å². The average molecular weight is 288 g/mol. The molecule has 0 amide bonds. The molecule has 88 valence electrons. The number of aliphatic imine (C=N–C) groups is 1. The molecule has 1 aromatic carbocycles. The summed E-state index contributed by atoms with van der Waals surface area (Å²) in [5.74, 6) is 0. The topological polar surface area (TPSA) is 12.4 Å². The van der Waals surface area contributed by atoms with Crippen molar-refractivity contribution in [2.75, 3.05) is 0 Å². The Kier molecular flexibility index (Phi) is 4.95. The average Bonchev–Trinajstić information content (AvgIpc) is 2.14. The number of thioether (sulfide) groups is 1. The molecular formula is C9H6Cl2F3NS. The Hall–Kier alpha value is -0.390. The molecule has 0 saturated carbocycles. The zero-order valence-electron chi connectivity index (χ0n) is 7.76. The molecule has 0 aliphatic rings. The van der Waals surface area contributed by atoms with Gasteiger partial charge >= 0.3 is 5.51 Å². The first-order chi connectivity index (χ1) is 7.37. The summed E-state index contributed by atoms with van der Waals surface area (Å²) in [7, 11) is 0. The van der Waals surface area contributed by atoms with Crippen molar-refractivity contribution >= 4 is 39.5 Å². The van der Waals surface area contributed by atoms with E-state index in [-0.39, 0.29) is 6.54 Å². The molecule has 0 atom stereocenters. The smallest absolute Gasteiger partial charge is 0.262 e. The van der Waals surface area contributed by atoms with Crippen molar-refractivity contribution in [1.82, 2.24) is 0 Å². The summed E-state index contributed by atoms with van der Waals surface area (Å²) >= 11 is 10.5. The molecule has 16 heavy (non-hydrogen) atoms. The molecule has 0 unspecified atom stereocenters. The molecule has 0 heterocycles. The lowest BCUT2D eigenvalue weighted by atomic mass is 10.2. The first kappa shape index (κ1) is 13.7. The SMILES string of the molecule is FC(F)(F)SC(Cl)=NCc1ccc(Cl)cc1. The van der Waals surface area contributed by atoms with Gasteiger partial charge in [0.1, 0.15) is 0 Å². The van der Waals surface area contributed by atoms with Gasteiger partial charge in [0.2, 0.25) is 0 Å². The molecule has 0 radical (unpaired) electrons. The largest absolute Gasteiger partial charge is 0.448 e. The van der Waals surface area contributed by atoms with E-state index in [1.165, 1.54) is 0 Å². The first-order valence-corrected chi connectivity index (χ1v) is 5.64. The van der Waals surface area contributed by atoms with Crippen LogP contribution >= 0.6 is 35.0 Å². The molecule has 0 aliphatic heterocycles. The van der Waals surface area contributed by atoms with Crippen LogP contribution in [0.3, 0.4) is 0 Å². The van der Waals surface area contributed by atoms with Gasteiger partial charge in [-0.3, -0.25) is 4.99 Å². The van der Waals surface area contributed by atoms with Gasteiger partial charge in [-0.15, -0.1) is 0 Å². The number of benzene rings is 1. The van der Waals surface area contributed by atoms with Gasteiger partial charge in [-0.05, 0) is 17.7 Å². The summed E-state index contributed by atoms with van der Waals surface area (Å²) < 4.78 is 35.1. The van der Waals surface area contributed by atoms with Crippen molar-refractivity contribution in [2.24, 2.45) is 4.99 Å². The van der Waals surface area contributed by atoms with Crippen molar-refractivity contribution in [3.63, 3.8) is 0 Å². The van der Waals surface area contributed by atoms with E-state index in [9.17, 15) is 13.2 Å². The van der Waals surface area contributed by atoms with Gasteiger partial charge in [0.15, 0.2) is 4.50 Å².